The Kier molecular flexibility index (Phi) is 3.89. The molecule has 1 aromatic heterocycles. The molecule has 0 spiro atoms. The number of amides is 2. The number of fused-ring (bicyclic) bond motifs is 2. The number of hydrogen-bond donors (Lipinski definition) is 3. The number of carbonyl (C=O) groups excluding carboxylic acids is 1. The molecule has 0 aliphatic heterocycles. The molecule has 0 saturated heterocycles. The molecule has 2 bridgehead atoms. The molecule has 4 atom stereocenters. The standard InChI is InChI=1S/C15H23N3O3/c1-3-12-13(8(2)21-18-12)16-15(20)17-14-10-5-4-9(6-10)11(14)7-19/h9-11,14,19H,3-7H2,1-2H3,(H2,16,17,20). The summed E-state index contributed by atoms with van der Waals surface area (Å²) in [6, 6.07) is -0.147. The molecule has 2 fully saturated rings. The van der Waals surface area contributed by atoms with Crippen molar-refractivity contribution in [3.8, 4) is 0 Å². The molecule has 1 heterocycles. The highest BCUT2D eigenvalue weighted by Gasteiger charge is 2.47. The Labute approximate surface area is 124 Å². The summed E-state index contributed by atoms with van der Waals surface area (Å²) < 4.78 is 5.12. The second-order valence-corrected chi connectivity index (χ2v) is 6.22. The Morgan fingerprint density at radius 3 is 2.90 bits per heavy atom. The van der Waals surface area contributed by atoms with E-state index in [2.05, 4.69) is 15.8 Å². The molecule has 116 valence electrons. The molecule has 3 N–H and O–H groups in total. The summed E-state index contributed by atoms with van der Waals surface area (Å²) in [5, 5.41) is 19.4. The van der Waals surface area contributed by atoms with Gasteiger partial charge in [-0.15, -0.1) is 0 Å². The first kappa shape index (κ1) is 14.4. The lowest BCUT2D eigenvalue weighted by Gasteiger charge is -2.30. The van der Waals surface area contributed by atoms with Crippen LogP contribution in [0.2, 0.25) is 0 Å². The molecule has 2 aliphatic carbocycles. The van der Waals surface area contributed by atoms with Crippen LogP contribution in [0.5, 0.6) is 0 Å². The van der Waals surface area contributed by atoms with E-state index in [-0.39, 0.29) is 24.6 Å². The molecule has 2 aliphatic rings. The van der Waals surface area contributed by atoms with Gasteiger partial charge in [0.2, 0.25) is 0 Å². The lowest BCUT2D eigenvalue weighted by Crippen LogP contribution is -2.47. The third-order valence-electron chi connectivity index (χ3n) is 5.10. The van der Waals surface area contributed by atoms with Crippen LogP contribution >= 0.6 is 0 Å². The minimum absolute atomic E-state index is 0.0824. The zero-order chi connectivity index (χ0) is 15.0. The first-order valence-corrected chi connectivity index (χ1v) is 7.77. The number of anilines is 1. The summed E-state index contributed by atoms with van der Waals surface area (Å²) in [7, 11) is 0. The zero-order valence-electron chi connectivity index (χ0n) is 12.6. The van der Waals surface area contributed by atoms with Crippen molar-refractivity contribution in [2.24, 2.45) is 17.8 Å². The summed E-state index contributed by atoms with van der Waals surface area (Å²) >= 11 is 0. The summed E-state index contributed by atoms with van der Waals surface area (Å²) in [5.41, 5.74) is 1.42. The van der Waals surface area contributed by atoms with Crippen molar-refractivity contribution in [1.29, 1.82) is 0 Å². The van der Waals surface area contributed by atoms with Crippen LogP contribution in [0.1, 0.15) is 37.6 Å². The number of aromatic nitrogens is 1. The largest absolute Gasteiger partial charge is 0.396 e. The summed E-state index contributed by atoms with van der Waals surface area (Å²) in [5.74, 6) is 1.89. The third kappa shape index (κ3) is 2.52. The number of hydrogen-bond acceptors (Lipinski definition) is 4. The van der Waals surface area contributed by atoms with Crippen molar-refractivity contribution in [2.75, 3.05) is 11.9 Å². The molecular weight excluding hydrogens is 270 g/mol. The minimum Gasteiger partial charge on any atom is -0.396 e. The number of aryl methyl sites for hydroxylation is 2. The molecule has 1 aromatic rings. The fourth-order valence-electron chi connectivity index (χ4n) is 4.02. The van der Waals surface area contributed by atoms with Crippen LogP contribution in [-0.2, 0) is 6.42 Å². The number of carbonyl (C=O) groups is 1. The number of aliphatic hydroxyl groups is 1. The first-order valence-electron chi connectivity index (χ1n) is 7.77. The Bertz CT molecular complexity index is 528. The third-order valence-corrected chi connectivity index (χ3v) is 5.10. The highest BCUT2D eigenvalue weighted by Crippen LogP contribution is 2.48. The molecule has 0 aromatic carbocycles. The van der Waals surface area contributed by atoms with E-state index in [1.54, 1.807) is 6.92 Å². The lowest BCUT2D eigenvalue weighted by molar-refractivity contribution is 0.146. The van der Waals surface area contributed by atoms with Gasteiger partial charge < -0.3 is 20.3 Å². The molecule has 3 rings (SSSR count). The molecule has 21 heavy (non-hydrogen) atoms. The lowest BCUT2D eigenvalue weighted by atomic mass is 9.85. The van der Waals surface area contributed by atoms with E-state index in [4.69, 9.17) is 4.52 Å². The average Bonchev–Trinajstić information content (AvgIpc) is 3.15. The number of urea groups is 1. The van der Waals surface area contributed by atoms with Crippen molar-refractivity contribution < 1.29 is 14.4 Å². The van der Waals surface area contributed by atoms with Crippen molar-refractivity contribution >= 4 is 11.7 Å². The van der Waals surface area contributed by atoms with Gasteiger partial charge in [-0.2, -0.15) is 0 Å². The second kappa shape index (κ2) is 5.67. The van der Waals surface area contributed by atoms with E-state index in [1.165, 1.54) is 6.42 Å². The fourth-order valence-corrected chi connectivity index (χ4v) is 4.02. The van der Waals surface area contributed by atoms with Crippen LogP contribution in [0, 0.1) is 24.7 Å². The van der Waals surface area contributed by atoms with E-state index in [0.717, 1.165) is 18.5 Å². The SMILES string of the molecule is CCc1noc(C)c1NC(=O)NC1C2CCC(C2)C1CO. The highest BCUT2D eigenvalue weighted by atomic mass is 16.5. The van der Waals surface area contributed by atoms with Gasteiger partial charge in [0.15, 0.2) is 5.76 Å². The smallest absolute Gasteiger partial charge is 0.319 e. The number of nitrogens with one attached hydrogen (secondary N) is 2. The summed E-state index contributed by atoms with van der Waals surface area (Å²) in [6.07, 6.45) is 4.17. The molecule has 6 nitrogen and oxygen atoms in total. The maximum absolute atomic E-state index is 12.3. The van der Waals surface area contributed by atoms with Gasteiger partial charge in [-0.1, -0.05) is 12.1 Å². The van der Waals surface area contributed by atoms with Gasteiger partial charge in [0.25, 0.3) is 0 Å². The molecular formula is C15H23N3O3. The van der Waals surface area contributed by atoms with Crippen LogP contribution in [0.4, 0.5) is 10.5 Å². The molecule has 4 unspecified atom stereocenters. The van der Waals surface area contributed by atoms with E-state index < -0.39 is 0 Å². The van der Waals surface area contributed by atoms with Crippen molar-refractivity contribution in [3.05, 3.63) is 11.5 Å². The number of aliphatic hydroxyl groups excluding tert-OH is 1. The Morgan fingerprint density at radius 1 is 1.43 bits per heavy atom. The topological polar surface area (TPSA) is 87.4 Å². The van der Waals surface area contributed by atoms with Crippen molar-refractivity contribution in [2.45, 2.75) is 45.6 Å². The van der Waals surface area contributed by atoms with Gasteiger partial charge in [0, 0.05) is 18.6 Å². The Morgan fingerprint density at radius 2 is 2.19 bits per heavy atom. The van der Waals surface area contributed by atoms with Gasteiger partial charge in [-0.05, 0) is 44.4 Å². The van der Waals surface area contributed by atoms with Gasteiger partial charge in [0.05, 0.1) is 0 Å². The van der Waals surface area contributed by atoms with E-state index >= 15 is 0 Å². The number of nitrogens with zero attached hydrogens (tertiary/aromatic N) is 1. The summed E-state index contributed by atoms with van der Waals surface area (Å²) in [6.45, 7) is 3.91. The normalized spacial score (nSPS) is 30.6. The van der Waals surface area contributed by atoms with Crippen LogP contribution in [0.25, 0.3) is 0 Å². The molecule has 2 saturated carbocycles. The van der Waals surface area contributed by atoms with E-state index in [9.17, 15) is 9.90 Å². The van der Waals surface area contributed by atoms with Crippen molar-refractivity contribution in [3.63, 3.8) is 0 Å². The molecule has 2 amide bonds. The quantitative estimate of drug-likeness (QED) is 0.793. The second-order valence-electron chi connectivity index (χ2n) is 6.22. The van der Waals surface area contributed by atoms with Gasteiger partial charge >= 0.3 is 6.03 Å². The number of rotatable bonds is 4. The zero-order valence-corrected chi connectivity index (χ0v) is 12.6. The maximum Gasteiger partial charge on any atom is 0.319 e. The predicted octanol–water partition coefficient (Wildman–Crippen LogP) is 2.07. The van der Waals surface area contributed by atoms with E-state index in [1.807, 2.05) is 6.92 Å². The fraction of sp³-hybridized carbons (Fsp3) is 0.733. The van der Waals surface area contributed by atoms with Crippen LogP contribution < -0.4 is 10.6 Å². The van der Waals surface area contributed by atoms with Gasteiger partial charge in [0.1, 0.15) is 11.4 Å². The Hall–Kier alpha value is -1.56. The monoisotopic (exact) mass is 293 g/mol. The maximum atomic E-state index is 12.3. The van der Waals surface area contributed by atoms with Crippen LogP contribution in [0.3, 0.4) is 0 Å². The predicted molar refractivity (Wildman–Crippen MR) is 78.0 cm³/mol. The summed E-state index contributed by atoms with van der Waals surface area (Å²) in [4.78, 5) is 12.3. The van der Waals surface area contributed by atoms with Crippen LogP contribution in [0.15, 0.2) is 4.52 Å². The molecule has 0 radical (unpaired) electrons. The van der Waals surface area contributed by atoms with Crippen LogP contribution in [-0.4, -0.2) is 28.9 Å². The van der Waals surface area contributed by atoms with Gasteiger partial charge in [-0.3, -0.25) is 0 Å². The Balaban J connectivity index is 1.65. The minimum atomic E-state index is -0.230. The van der Waals surface area contributed by atoms with Gasteiger partial charge in [-0.25, -0.2) is 4.79 Å². The molecule has 6 heteroatoms. The van der Waals surface area contributed by atoms with Crippen molar-refractivity contribution in [1.82, 2.24) is 10.5 Å². The first-order chi connectivity index (χ1) is 10.1. The van der Waals surface area contributed by atoms with E-state index in [0.29, 0.717) is 29.7 Å². The average molecular weight is 293 g/mol. The highest BCUT2D eigenvalue weighted by molar-refractivity contribution is 5.90.